The number of nitrogens with one attached hydrogen (secondary N) is 1. The molecule has 0 saturated heterocycles. The quantitative estimate of drug-likeness (QED) is 0.763. The first-order chi connectivity index (χ1) is 9.92. The van der Waals surface area contributed by atoms with Crippen molar-refractivity contribution in [2.24, 2.45) is 0 Å². The zero-order valence-electron chi connectivity index (χ0n) is 12.0. The molecule has 114 valence electrons. The highest BCUT2D eigenvalue weighted by Crippen LogP contribution is 2.19. The molecule has 0 aliphatic heterocycles. The van der Waals surface area contributed by atoms with E-state index in [2.05, 4.69) is 15.2 Å². The Morgan fingerprint density at radius 2 is 2.05 bits per heavy atom. The summed E-state index contributed by atoms with van der Waals surface area (Å²) >= 11 is 7.31. The van der Waals surface area contributed by atoms with Gasteiger partial charge in [-0.3, -0.25) is 5.10 Å². The van der Waals surface area contributed by atoms with E-state index in [0.717, 1.165) is 11.5 Å². The van der Waals surface area contributed by atoms with Gasteiger partial charge in [-0.05, 0) is 44.5 Å². The van der Waals surface area contributed by atoms with Gasteiger partial charge < -0.3 is 9.84 Å². The maximum absolute atomic E-state index is 9.64. The van der Waals surface area contributed by atoms with Crippen molar-refractivity contribution in [1.29, 1.82) is 0 Å². The van der Waals surface area contributed by atoms with Crippen LogP contribution in [-0.2, 0) is 6.61 Å². The molecule has 1 aromatic heterocycles. The average molecular weight is 328 g/mol. The van der Waals surface area contributed by atoms with E-state index in [1.165, 1.54) is 11.8 Å². The summed E-state index contributed by atoms with van der Waals surface area (Å²) < 4.78 is 5.58. The van der Waals surface area contributed by atoms with Crippen LogP contribution in [0.5, 0.6) is 5.75 Å². The smallest absolute Gasteiger partial charge is 0.208 e. The van der Waals surface area contributed by atoms with Crippen LogP contribution in [0.3, 0.4) is 0 Å². The zero-order valence-corrected chi connectivity index (χ0v) is 13.5. The Morgan fingerprint density at radius 1 is 1.33 bits per heavy atom. The van der Waals surface area contributed by atoms with Gasteiger partial charge in [0.15, 0.2) is 5.82 Å². The molecule has 2 aromatic rings. The molecule has 0 spiro atoms. The van der Waals surface area contributed by atoms with Crippen LogP contribution < -0.4 is 4.74 Å². The molecule has 5 nitrogen and oxygen atoms in total. The Bertz CT molecular complexity index is 566. The minimum absolute atomic E-state index is 0.320. The van der Waals surface area contributed by atoms with Crippen molar-refractivity contribution in [1.82, 2.24) is 15.2 Å². The van der Waals surface area contributed by atoms with Crippen molar-refractivity contribution < 1.29 is 9.84 Å². The van der Waals surface area contributed by atoms with Crippen molar-refractivity contribution in [2.45, 2.75) is 37.6 Å². The number of halogens is 1. The molecule has 0 saturated carbocycles. The van der Waals surface area contributed by atoms with Gasteiger partial charge in [-0.1, -0.05) is 23.4 Å². The Morgan fingerprint density at radius 3 is 2.71 bits per heavy atom. The molecule has 0 aliphatic carbocycles. The van der Waals surface area contributed by atoms with Gasteiger partial charge >= 0.3 is 0 Å². The predicted octanol–water partition coefficient (Wildman–Crippen LogP) is 3.29. The normalized spacial score (nSPS) is 11.6. The van der Waals surface area contributed by atoms with Crippen LogP contribution in [0.25, 0.3) is 0 Å². The van der Waals surface area contributed by atoms with Gasteiger partial charge in [-0.25, -0.2) is 4.98 Å². The summed E-state index contributed by atoms with van der Waals surface area (Å²) in [6, 6.07) is 7.15. The van der Waals surface area contributed by atoms with Crippen molar-refractivity contribution in [3.8, 4) is 5.75 Å². The van der Waals surface area contributed by atoms with Gasteiger partial charge in [0.2, 0.25) is 5.16 Å². The Labute approximate surface area is 133 Å². The molecule has 1 aromatic carbocycles. The molecule has 2 N–H and O–H groups in total. The van der Waals surface area contributed by atoms with Crippen LogP contribution in [0.4, 0.5) is 0 Å². The number of thioether (sulfide) groups is 1. The van der Waals surface area contributed by atoms with Crippen molar-refractivity contribution in [2.75, 3.05) is 5.75 Å². The number of hydrogen-bond acceptors (Lipinski definition) is 5. The van der Waals surface area contributed by atoms with E-state index in [1.54, 1.807) is 38.1 Å². The van der Waals surface area contributed by atoms with E-state index in [1.807, 2.05) is 0 Å². The van der Waals surface area contributed by atoms with E-state index < -0.39 is 5.60 Å². The minimum atomic E-state index is -0.663. The summed E-state index contributed by atoms with van der Waals surface area (Å²) in [5.41, 5.74) is -0.663. The first-order valence-corrected chi connectivity index (χ1v) is 7.93. The molecule has 1 heterocycles. The van der Waals surface area contributed by atoms with Crippen LogP contribution in [-0.4, -0.2) is 31.6 Å². The molecular weight excluding hydrogens is 310 g/mol. The van der Waals surface area contributed by atoms with E-state index >= 15 is 0 Å². The van der Waals surface area contributed by atoms with Crippen LogP contribution in [0, 0.1) is 0 Å². The lowest BCUT2D eigenvalue weighted by molar-refractivity contribution is 0.0777. The summed E-state index contributed by atoms with van der Waals surface area (Å²) in [5.74, 6) is 2.15. The van der Waals surface area contributed by atoms with Crippen molar-refractivity contribution >= 4 is 23.4 Å². The van der Waals surface area contributed by atoms with Gasteiger partial charge in [0.25, 0.3) is 0 Å². The van der Waals surface area contributed by atoms with Crippen LogP contribution in [0.1, 0.15) is 26.1 Å². The monoisotopic (exact) mass is 327 g/mol. The SMILES string of the molecule is CC(C)(O)CCSc1n[nH]c(COc2ccc(Cl)cc2)n1. The number of rotatable bonds is 7. The lowest BCUT2D eigenvalue weighted by atomic mass is 10.1. The third-order valence-corrected chi connectivity index (χ3v) is 3.75. The number of H-pyrrole nitrogens is 1. The lowest BCUT2D eigenvalue weighted by Crippen LogP contribution is -2.19. The maximum atomic E-state index is 9.64. The topological polar surface area (TPSA) is 71.0 Å². The third kappa shape index (κ3) is 5.95. The number of nitrogens with zero attached hydrogens (tertiary/aromatic N) is 2. The van der Waals surface area contributed by atoms with Gasteiger partial charge in [-0.2, -0.15) is 0 Å². The molecule has 0 amide bonds. The van der Waals surface area contributed by atoms with Gasteiger partial charge in [-0.15, -0.1) is 5.10 Å². The van der Waals surface area contributed by atoms with Crippen LogP contribution >= 0.6 is 23.4 Å². The van der Waals surface area contributed by atoms with Gasteiger partial charge in [0.05, 0.1) is 5.60 Å². The Kier molecular flexibility index (Phi) is 5.50. The summed E-state index contributed by atoms with van der Waals surface area (Å²) in [5, 5.41) is 17.9. The maximum Gasteiger partial charge on any atom is 0.208 e. The average Bonchev–Trinajstić information content (AvgIpc) is 2.85. The second kappa shape index (κ2) is 7.15. The number of aliphatic hydroxyl groups is 1. The molecular formula is C14H18ClN3O2S. The zero-order chi connectivity index (χ0) is 15.3. The van der Waals surface area contributed by atoms with E-state index in [9.17, 15) is 5.11 Å². The molecule has 0 radical (unpaired) electrons. The summed E-state index contributed by atoms with van der Waals surface area (Å²) in [4.78, 5) is 4.33. The first-order valence-electron chi connectivity index (χ1n) is 6.57. The highest BCUT2D eigenvalue weighted by Gasteiger charge is 2.13. The van der Waals surface area contributed by atoms with Crippen molar-refractivity contribution in [3.05, 3.63) is 35.1 Å². The Hall–Kier alpha value is -1.24. The minimum Gasteiger partial charge on any atom is -0.486 e. The summed E-state index contributed by atoms with van der Waals surface area (Å²) in [7, 11) is 0. The second-order valence-electron chi connectivity index (χ2n) is 5.22. The second-order valence-corrected chi connectivity index (χ2v) is 6.72. The number of aromatic nitrogens is 3. The van der Waals surface area contributed by atoms with E-state index in [4.69, 9.17) is 16.3 Å². The number of benzene rings is 1. The molecule has 0 unspecified atom stereocenters. The number of aromatic amines is 1. The highest BCUT2D eigenvalue weighted by atomic mass is 35.5. The summed E-state index contributed by atoms with van der Waals surface area (Å²) in [6.45, 7) is 3.90. The molecule has 0 bridgehead atoms. The standard InChI is InChI=1S/C14H18ClN3O2S/c1-14(2,19)7-8-21-13-16-12(17-18-13)9-20-11-5-3-10(15)4-6-11/h3-6,19H,7-9H2,1-2H3,(H,16,17,18). The van der Waals surface area contributed by atoms with E-state index in [0.29, 0.717) is 29.0 Å². The molecule has 2 rings (SSSR count). The fourth-order valence-electron chi connectivity index (χ4n) is 1.48. The highest BCUT2D eigenvalue weighted by molar-refractivity contribution is 7.99. The summed E-state index contributed by atoms with van der Waals surface area (Å²) in [6.07, 6.45) is 0.683. The lowest BCUT2D eigenvalue weighted by Gasteiger charge is -2.15. The van der Waals surface area contributed by atoms with Crippen LogP contribution in [0.2, 0.25) is 5.02 Å². The van der Waals surface area contributed by atoms with Gasteiger partial charge in [0, 0.05) is 10.8 Å². The number of ether oxygens (including phenoxy) is 1. The first kappa shape index (κ1) is 16.1. The largest absolute Gasteiger partial charge is 0.486 e. The molecule has 0 aliphatic rings. The molecule has 0 atom stereocenters. The van der Waals surface area contributed by atoms with Crippen molar-refractivity contribution in [3.63, 3.8) is 0 Å². The Balaban J connectivity index is 1.79. The van der Waals surface area contributed by atoms with Crippen LogP contribution in [0.15, 0.2) is 29.4 Å². The molecule has 21 heavy (non-hydrogen) atoms. The van der Waals surface area contributed by atoms with E-state index in [-0.39, 0.29) is 0 Å². The predicted molar refractivity (Wildman–Crippen MR) is 83.8 cm³/mol. The fraction of sp³-hybridized carbons (Fsp3) is 0.429. The third-order valence-electron chi connectivity index (χ3n) is 2.65. The van der Waals surface area contributed by atoms with Gasteiger partial charge in [0.1, 0.15) is 12.4 Å². The molecule has 0 fully saturated rings. The number of hydrogen-bond donors (Lipinski definition) is 2. The molecule has 7 heteroatoms. The fourth-order valence-corrected chi connectivity index (χ4v) is 2.68.